The van der Waals surface area contributed by atoms with Crippen LogP contribution in [0, 0.1) is 11.3 Å². The molecule has 98 valence electrons. The molecule has 1 heterocycles. The average molecular weight is 267 g/mol. The van der Waals surface area contributed by atoms with Crippen molar-refractivity contribution in [2.75, 3.05) is 7.11 Å². The van der Waals surface area contributed by atoms with Crippen molar-refractivity contribution in [1.82, 2.24) is 4.98 Å². The third-order valence-electron chi connectivity index (χ3n) is 2.61. The first-order valence-corrected chi connectivity index (χ1v) is 5.96. The largest absolute Gasteiger partial charge is 0.501 e. The van der Waals surface area contributed by atoms with E-state index in [0.29, 0.717) is 5.56 Å². The Balaban J connectivity index is 3.23. The number of carbonyl (C=O) groups excluding carboxylic acids is 1. The molecule has 0 saturated carbocycles. The van der Waals surface area contributed by atoms with Crippen LogP contribution in [0.25, 0.3) is 0 Å². The van der Waals surface area contributed by atoms with Gasteiger partial charge in [-0.1, -0.05) is 20.8 Å². The van der Waals surface area contributed by atoms with Crippen molar-refractivity contribution < 1.29 is 14.6 Å². The van der Waals surface area contributed by atoms with Crippen LogP contribution in [0.2, 0.25) is 0 Å². The molecule has 0 aliphatic carbocycles. The van der Waals surface area contributed by atoms with E-state index in [9.17, 15) is 9.90 Å². The highest BCUT2D eigenvalue weighted by molar-refractivity contribution is 7.80. The molecule has 5 heteroatoms. The number of hydrogen-bond donors (Lipinski definition) is 1. The Morgan fingerprint density at radius 2 is 2.11 bits per heavy atom. The second-order valence-electron chi connectivity index (χ2n) is 5.06. The number of thiocarbonyl (C=S) groups is 1. The Kier molecular flexibility index (Phi) is 4.40. The van der Waals surface area contributed by atoms with Crippen molar-refractivity contribution in [3.63, 3.8) is 0 Å². The van der Waals surface area contributed by atoms with Gasteiger partial charge in [-0.2, -0.15) is 0 Å². The number of hydrogen-bond acceptors (Lipinski definition) is 4. The van der Waals surface area contributed by atoms with Gasteiger partial charge in [0.1, 0.15) is 0 Å². The zero-order valence-electron chi connectivity index (χ0n) is 10.9. The standard InChI is InChI=1S/C13H17NO3S/c1-13(2,3)9(12(16)18)10(15)8-6-5-7-14-11(8)17-4/h5-7,9H,1-4H3,(H,16,18). The molecule has 0 amide bonds. The number of carbonyl (C=O) groups is 1. The fourth-order valence-corrected chi connectivity index (χ4v) is 2.23. The molecule has 0 aliphatic heterocycles. The highest BCUT2D eigenvalue weighted by atomic mass is 32.1. The normalized spacial score (nSPS) is 12.9. The number of methoxy groups -OCH3 is 1. The van der Waals surface area contributed by atoms with Gasteiger partial charge in [-0.15, -0.1) is 0 Å². The first kappa shape index (κ1) is 14.6. The molecular formula is C13H17NO3S. The van der Waals surface area contributed by atoms with Gasteiger partial charge in [0.15, 0.2) is 10.8 Å². The highest BCUT2D eigenvalue weighted by Gasteiger charge is 2.36. The topological polar surface area (TPSA) is 59.4 Å². The number of rotatable bonds is 4. The van der Waals surface area contributed by atoms with Gasteiger partial charge in [0.25, 0.3) is 0 Å². The summed E-state index contributed by atoms with van der Waals surface area (Å²) in [5.74, 6) is -0.793. The maximum absolute atomic E-state index is 12.4. The minimum absolute atomic E-state index is 0.244. The fraction of sp³-hybridized carbons (Fsp3) is 0.462. The number of nitrogens with zero attached hydrogens (tertiary/aromatic N) is 1. The molecule has 1 rings (SSSR count). The summed E-state index contributed by atoms with van der Waals surface area (Å²) in [4.78, 5) is 16.4. The summed E-state index contributed by atoms with van der Waals surface area (Å²) in [5.41, 5.74) is -0.139. The minimum Gasteiger partial charge on any atom is -0.501 e. The number of pyridine rings is 1. The molecule has 1 N–H and O–H groups in total. The van der Waals surface area contributed by atoms with Crippen molar-refractivity contribution >= 4 is 23.1 Å². The Labute approximate surface area is 112 Å². The lowest BCUT2D eigenvalue weighted by Gasteiger charge is -2.27. The Hall–Kier alpha value is -1.49. The Morgan fingerprint density at radius 3 is 2.56 bits per heavy atom. The number of aliphatic hydroxyl groups is 1. The van der Waals surface area contributed by atoms with E-state index in [1.165, 1.54) is 7.11 Å². The van der Waals surface area contributed by atoms with Gasteiger partial charge in [0, 0.05) is 6.20 Å². The van der Waals surface area contributed by atoms with Crippen LogP contribution >= 0.6 is 12.2 Å². The zero-order valence-corrected chi connectivity index (χ0v) is 11.7. The van der Waals surface area contributed by atoms with E-state index in [2.05, 4.69) is 4.98 Å². The number of aliphatic hydroxyl groups excluding tert-OH is 1. The van der Waals surface area contributed by atoms with Crippen molar-refractivity contribution in [3.8, 4) is 5.88 Å². The quantitative estimate of drug-likeness (QED) is 0.671. The molecule has 1 aromatic rings. The lowest BCUT2D eigenvalue weighted by molar-refractivity contribution is 0.0872. The van der Waals surface area contributed by atoms with E-state index in [4.69, 9.17) is 17.0 Å². The molecular weight excluding hydrogens is 250 g/mol. The van der Waals surface area contributed by atoms with E-state index in [-0.39, 0.29) is 16.7 Å². The van der Waals surface area contributed by atoms with Crippen LogP contribution in [0.1, 0.15) is 31.1 Å². The summed E-state index contributed by atoms with van der Waals surface area (Å²) in [6, 6.07) is 3.26. The van der Waals surface area contributed by atoms with Crippen molar-refractivity contribution in [2.45, 2.75) is 20.8 Å². The van der Waals surface area contributed by atoms with Crippen molar-refractivity contribution in [3.05, 3.63) is 23.9 Å². The first-order valence-electron chi connectivity index (χ1n) is 5.55. The second-order valence-corrected chi connectivity index (χ2v) is 5.48. The third kappa shape index (κ3) is 3.04. The summed E-state index contributed by atoms with van der Waals surface area (Å²) >= 11 is 4.79. The molecule has 4 nitrogen and oxygen atoms in total. The van der Waals surface area contributed by atoms with Gasteiger partial charge in [-0.3, -0.25) is 4.79 Å². The molecule has 0 aliphatic rings. The lowest BCUT2D eigenvalue weighted by Crippen LogP contribution is -2.35. The lowest BCUT2D eigenvalue weighted by atomic mass is 9.77. The van der Waals surface area contributed by atoms with Crippen LogP contribution < -0.4 is 4.74 Å². The molecule has 0 spiro atoms. The van der Waals surface area contributed by atoms with Gasteiger partial charge in [-0.25, -0.2) is 4.98 Å². The minimum atomic E-state index is -0.759. The van der Waals surface area contributed by atoms with E-state index in [1.807, 2.05) is 20.8 Å². The van der Waals surface area contributed by atoms with Crippen molar-refractivity contribution in [2.24, 2.45) is 11.3 Å². The van der Waals surface area contributed by atoms with Gasteiger partial charge < -0.3 is 9.84 Å². The summed E-state index contributed by atoms with van der Waals surface area (Å²) in [5, 5.41) is 9.29. The number of aromatic nitrogens is 1. The maximum Gasteiger partial charge on any atom is 0.224 e. The van der Waals surface area contributed by atoms with Gasteiger partial charge >= 0.3 is 0 Å². The molecule has 0 bridgehead atoms. The van der Waals surface area contributed by atoms with E-state index in [1.54, 1.807) is 18.3 Å². The maximum atomic E-state index is 12.4. The molecule has 0 radical (unpaired) electrons. The SMILES string of the molecule is COc1ncccc1C(=O)C(C(O)=S)C(C)(C)C. The van der Waals surface area contributed by atoms with Crippen LogP contribution in [-0.4, -0.2) is 28.0 Å². The number of ketones is 1. The molecule has 1 atom stereocenters. The average Bonchev–Trinajstić information content (AvgIpc) is 2.26. The third-order valence-corrected chi connectivity index (χ3v) is 2.84. The van der Waals surface area contributed by atoms with E-state index < -0.39 is 11.3 Å². The van der Waals surface area contributed by atoms with Crippen LogP contribution in [0.5, 0.6) is 5.88 Å². The Morgan fingerprint density at radius 1 is 1.50 bits per heavy atom. The summed E-state index contributed by atoms with van der Waals surface area (Å²) in [6.07, 6.45) is 1.54. The molecule has 1 aromatic heterocycles. The van der Waals surface area contributed by atoms with E-state index in [0.717, 1.165) is 0 Å². The molecule has 0 aromatic carbocycles. The monoisotopic (exact) mass is 267 g/mol. The zero-order chi connectivity index (χ0) is 13.9. The van der Waals surface area contributed by atoms with Crippen molar-refractivity contribution in [1.29, 1.82) is 0 Å². The van der Waals surface area contributed by atoms with E-state index >= 15 is 0 Å². The molecule has 0 fully saturated rings. The summed E-state index contributed by atoms with van der Waals surface area (Å²) in [6.45, 7) is 5.54. The number of Topliss-reactive ketones (excluding diaryl/α,β-unsaturated/α-hetero) is 1. The second kappa shape index (κ2) is 5.44. The fourth-order valence-electron chi connectivity index (χ4n) is 1.77. The predicted octanol–water partition coefficient (Wildman–Crippen LogP) is 2.82. The molecule has 1 unspecified atom stereocenters. The van der Waals surface area contributed by atoms with Crippen LogP contribution in [0.15, 0.2) is 18.3 Å². The number of ether oxygens (including phenoxy) is 1. The van der Waals surface area contributed by atoms with Crippen LogP contribution in [0.4, 0.5) is 0 Å². The summed E-state index contributed by atoms with van der Waals surface area (Å²) < 4.78 is 5.05. The Bertz CT molecular complexity index is 466. The predicted molar refractivity (Wildman–Crippen MR) is 73.3 cm³/mol. The summed E-state index contributed by atoms with van der Waals surface area (Å²) in [7, 11) is 1.45. The molecule has 18 heavy (non-hydrogen) atoms. The van der Waals surface area contributed by atoms with Crippen LogP contribution in [-0.2, 0) is 0 Å². The van der Waals surface area contributed by atoms with Gasteiger partial charge in [0.05, 0.1) is 18.6 Å². The smallest absolute Gasteiger partial charge is 0.224 e. The van der Waals surface area contributed by atoms with Crippen LogP contribution in [0.3, 0.4) is 0 Å². The molecule has 0 saturated heterocycles. The van der Waals surface area contributed by atoms with Gasteiger partial charge in [-0.05, 0) is 29.8 Å². The first-order chi connectivity index (χ1) is 8.29. The highest BCUT2D eigenvalue weighted by Crippen LogP contribution is 2.31. The van der Waals surface area contributed by atoms with Gasteiger partial charge in [0.2, 0.25) is 5.88 Å².